The molecule has 0 aliphatic heterocycles. The van der Waals surface area contributed by atoms with Gasteiger partial charge in [-0.05, 0) is 83.9 Å². The number of rotatable bonds is 5. The fourth-order valence-electron chi connectivity index (χ4n) is 3.27. The van der Waals surface area contributed by atoms with E-state index < -0.39 is 17.6 Å². The highest BCUT2D eigenvalue weighted by Crippen LogP contribution is 2.32. The van der Waals surface area contributed by atoms with Crippen molar-refractivity contribution in [2.24, 2.45) is 0 Å². The molecule has 0 atom stereocenters. The van der Waals surface area contributed by atoms with Gasteiger partial charge in [-0.2, -0.15) is 0 Å². The molecule has 0 fully saturated rings. The van der Waals surface area contributed by atoms with E-state index in [-0.39, 0.29) is 17.1 Å². The quantitative estimate of drug-likeness (QED) is 0.216. The first-order chi connectivity index (χ1) is 16.3. The van der Waals surface area contributed by atoms with Crippen LogP contribution in [-0.4, -0.2) is 16.9 Å². The van der Waals surface area contributed by atoms with Gasteiger partial charge in [0.1, 0.15) is 11.6 Å². The topological polar surface area (TPSA) is 130 Å². The van der Waals surface area contributed by atoms with Gasteiger partial charge in [0.15, 0.2) is 0 Å². The molecule has 0 bridgehead atoms. The fraction of sp³-hybridized carbons (Fsp3) is 0. The minimum atomic E-state index is -0.637. The standard InChI is InChI=1S/C26H21FN4O3/c27-21-13-17(5-11-22(21)30-25(33)15-1-7-19(28)8-2-15)18-6-12-23(24(32)14-18)31-26(34)16-3-9-20(29)10-4-16/h1-14,32H,28-29H2,(H,30,33)(H,31,34). The number of phenols is 1. The molecule has 0 aliphatic rings. The van der Waals surface area contributed by atoms with Gasteiger partial charge in [0.2, 0.25) is 0 Å². The van der Waals surface area contributed by atoms with E-state index in [2.05, 4.69) is 10.6 Å². The van der Waals surface area contributed by atoms with E-state index in [9.17, 15) is 19.1 Å². The SMILES string of the molecule is Nc1ccc(C(=O)Nc2ccc(-c3ccc(NC(=O)c4ccc(N)cc4)c(F)c3)cc2O)cc1. The van der Waals surface area contributed by atoms with Crippen molar-refractivity contribution < 1.29 is 19.1 Å². The third-order valence-corrected chi connectivity index (χ3v) is 5.14. The number of nitrogen functional groups attached to an aromatic ring is 2. The number of nitrogens with two attached hydrogens (primary N) is 2. The largest absolute Gasteiger partial charge is 0.506 e. The Morgan fingerprint density at radius 2 is 1.09 bits per heavy atom. The number of aromatic hydroxyl groups is 1. The minimum absolute atomic E-state index is 0.0159. The molecule has 8 heteroatoms. The highest BCUT2D eigenvalue weighted by molar-refractivity contribution is 6.05. The lowest BCUT2D eigenvalue weighted by molar-refractivity contribution is 0.101. The molecule has 4 aromatic rings. The van der Waals surface area contributed by atoms with Crippen LogP contribution in [0.4, 0.5) is 27.1 Å². The molecule has 7 N–H and O–H groups in total. The van der Waals surface area contributed by atoms with Crippen molar-refractivity contribution in [2.75, 3.05) is 22.1 Å². The van der Waals surface area contributed by atoms with Crippen molar-refractivity contribution in [1.82, 2.24) is 0 Å². The van der Waals surface area contributed by atoms with Gasteiger partial charge >= 0.3 is 0 Å². The Hall–Kier alpha value is -4.85. The third kappa shape index (κ3) is 4.97. The second kappa shape index (κ2) is 9.33. The van der Waals surface area contributed by atoms with Gasteiger partial charge in [-0.15, -0.1) is 0 Å². The second-order valence-corrected chi connectivity index (χ2v) is 7.58. The molecule has 2 amide bonds. The Kier molecular flexibility index (Phi) is 6.13. The molecule has 0 heterocycles. The van der Waals surface area contributed by atoms with Crippen molar-refractivity contribution in [3.8, 4) is 16.9 Å². The fourth-order valence-corrected chi connectivity index (χ4v) is 3.27. The second-order valence-electron chi connectivity index (χ2n) is 7.58. The van der Waals surface area contributed by atoms with Crippen LogP contribution in [0.3, 0.4) is 0 Å². The predicted molar refractivity (Wildman–Crippen MR) is 131 cm³/mol. The van der Waals surface area contributed by atoms with E-state index in [1.807, 2.05) is 0 Å². The molecule has 0 spiro atoms. The summed E-state index contributed by atoms with van der Waals surface area (Å²) in [5.74, 6) is -1.69. The van der Waals surface area contributed by atoms with Crippen molar-refractivity contribution in [1.29, 1.82) is 0 Å². The average Bonchev–Trinajstić information content (AvgIpc) is 2.82. The van der Waals surface area contributed by atoms with Crippen LogP contribution in [0.25, 0.3) is 11.1 Å². The molecule has 0 saturated carbocycles. The van der Waals surface area contributed by atoms with Crippen molar-refractivity contribution in [3.63, 3.8) is 0 Å². The Labute approximate surface area is 194 Å². The summed E-state index contributed by atoms with van der Waals surface area (Å²) in [7, 11) is 0. The first-order valence-corrected chi connectivity index (χ1v) is 10.3. The van der Waals surface area contributed by atoms with E-state index in [1.165, 1.54) is 24.3 Å². The molecule has 7 nitrogen and oxygen atoms in total. The van der Waals surface area contributed by atoms with Crippen LogP contribution in [0.2, 0.25) is 0 Å². The number of carbonyl (C=O) groups excluding carboxylic acids is 2. The molecule has 0 unspecified atom stereocenters. The van der Waals surface area contributed by atoms with Crippen LogP contribution in [0.5, 0.6) is 5.75 Å². The highest BCUT2D eigenvalue weighted by atomic mass is 19.1. The van der Waals surface area contributed by atoms with E-state index >= 15 is 0 Å². The number of phenolic OH excluding ortho intramolecular Hbond substituents is 1. The molecule has 34 heavy (non-hydrogen) atoms. The minimum Gasteiger partial charge on any atom is -0.506 e. The van der Waals surface area contributed by atoms with Crippen LogP contribution in [0.1, 0.15) is 20.7 Å². The van der Waals surface area contributed by atoms with Gasteiger partial charge in [0.05, 0.1) is 11.4 Å². The molecule has 4 aromatic carbocycles. The normalized spacial score (nSPS) is 10.5. The number of halogens is 1. The molecular weight excluding hydrogens is 435 g/mol. The van der Waals surface area contributed by atoms with Crippen molar-refractivity contribution in [3.05, 3.63) is 102 Å². The third-order valence-electron chi connectivity index (χ3n) is 5.14. The Balaban J connectivity index is 1.48. The molecule has 170 valence electrons. The summed E-state index contributed by atoms with van der Waals surface area (Å²) in [5, 5.41) is 15.5. The zero-order valence-electron chi connectivity index (χ0n) is 17.9. The maximum Gasteiger partial charge on any atom is 0.255 e. The lowest BCUT2D eigenvalue weighted by atomic mass is 10.0. The van der Waals surface area contributed by atoms with E-state index in [0.29, 0.717) is 33.6 Å². The van der Waals surface area contributed by atoms with Crippen molar-refractivity contribution >= 4 is 34.6 Å². The molecule has 0 aliphatic carbocycles. The maximum atomic E-state index is 14.7. The van der Waals surface area contributed by atoms with Crippen LogP contribution >= 0.6 is 0 Å². The van der Waals surface area contributed by atoms with Gasteiger partial charge in [-0.1, -0.05) is 12.1 Å². The predicted octanol–water partition coefficient (Wildman–Crippen LogP) is 4.87. The Morgan fingerprint density at radius 3 is 1.56 bits per heavy atom. The molecule has 0 aromatic heterocycles. The van der Waals surface area contributed by atoms with Crippen LogP contribution in [0.15, 0.2) is 84.9 Å². The summed E-state index contributed by atoms with van der Waals surface area (Å²) in [6, 6.07) is 21.5. The summed E-state index contributed by atoms with van der Waals surface area (Å²) in [6.07, 6.45) is 0. The maximum absolute atomic E-state index is 14.7. The van der Waals surface area contributed by atoms with Crippen LogP contribution in [-0.2, 0) is 0 Å². The van der Waals surface area contributed by atoms with Gasteiger partial charge in [0, 0.05) is 22.5 Å². The summed E-state index contributed by atoms with van der Waals surface area (Å²) in [5.41, 5.74) is 14.3. The average molecular weight is 456 g/mol. The van der Waals surface area contributed by atoms with Gasteiger partial charge in [-0.25, -0.2) is 4.39 Å². The lowest BCUT2D eigenvalue weighted by Gasteiger charge is -2.11. The number of amides is 2. The molecular formula is C26H21FN4O3. The van der Waals surface area contributed by atoms with E-state index in [1.54, 1.807) is 60.7 Å². The first kappa shape index (κ1) is 22.3. The smallest absolute Gasteiger partial charge is 0.255 e. The van der Waals surface area contributed by atoms with Gasteiger partial charge < -0.3 is 27.2 Å². The molecule has 0 saturated heterocycles. The number of hydrogen-bond acceptors (Lipinski definition) is 5. The Bertz CT molecular complexity index is 1260. The molecule has 0 radical (unpaired) electrons. The number of carbonyl (C=O) groups is 2. The van der Waals surface area contributed by atoms with Crippen molar-refractivity contribution in [2.45, 2.75) is 0 Å². The number of nitrogens with one attached hydrogen (secondary N) is 2. The number of anilines is 4. The lowest BCUT2D eigenvalue weighted by Crippen LogP contribution is -2.13. The summed E-state index contributed by atoms with van der Waals surface area (Å²) in [6.45, 7) is 0. The number of benzene rings is 4. The summed E-state index contributed by atoms with van der Waals surface area (Å²) in [4.78, 5) is 24.7. The van der Waals surface area contributed by atoms with Gasteiger partial charge in [0.25, 0.3) is 11.8 Å². The Morgan fingerprint density at radius 1 is 0.647 bits per heavy atom. The summed E-state index contributed by atoms with van der Waals surface area (Å²) < 4.78 is 14.7. The van der Waals surface area contributed by atoms with E-state index in [0.717, 1.165) is 0 Å². The zero-order valence-corrected chi connectivity index (χ0v) is 17.9. The monoisotopic (exact) mass is 456 g/mol. The van der Waals surface area contributed by atoms with E-state index in [4.69, 9.17) is 11.5 Å². The highest BCUT2D eigenvalue weighted by Gasteiger charge is 2.13. The first-order valence-electron chi connectivity index (χ1n) is 10.3. The zero-order chi connectivity index (χ0) is 24.2. The van der Waals surface area contributed by atoms with Gasteiger partial charge in [-0.3, -0.25) is 9.59 Å². The van der Waals surface area contributed by atoms with Crippen LogP contribution < -0.4 is 22.1 Å². The number of hydrogen-bond donors (Lipinski definition) is 5. The molecule has 4 rings (SSSR count). The van der Waals surface area contributed by atoms with Crippen LogP contribution in [0, 0.1) is 5.82 Å². The summed E-state index contributed by atoms with van der Waals surface area (Å²) >= 11 is 0.